The minimum absolute atomic E-state index is 0.0111. The molecular weight excluding hydrogens is 615 g/mol. The molecule has 0 aliphatic heterocycles. The van der Waals surface area contributed by atoms with E-state index in [1.165, 1.54) is 60.9 Å². The standard InChI is InChI=1S/C50H41N/c1-4-5-8-21-42-35-50(2,3)49-34-45(29-31-47(42)49)51(43-26-24-38(25-27-43)36-15-9-6-10-16-36)44-28-30-46(48(33-44)39-18-11-7-12-19-39)41-23-22-37-17-13-14-20-40(37)32-41/h4-34H,1,35H2,2-3H3/b8-5-,42-21+. The van der Waals surface area contributed by atoms with Gasteiger partial charge in [-0.05, 0) is 115 Å². The number of fused-ring (bicyclic) bond motifs is 2. The van der Waals surface area contributed by atoms with Crippen molar-refractivity contribution in [2.75, 3.05) is 4.90 Å². The van der Waals surface area contributed by atoms with Crippen molar-refractivity contribution in [2.45, 2.75) is 25.7 Å². The van der Waals surface area contributed by atoms with Gasteiger partial charge in [0.1, 0.15) is 0 Å². The molecule has 7 aromatic rings. The van der Waals surface area contributed by atoms with E-state index in [0.29, 0.717) is 0 Å². The Hall–Kier alpha value is -6.18. The first-order valence-corrected chi connectivity index (χ1v) is 17.8. The number of anilines is 3. The van der Waals surface area contributed by atoms with Crippen LogP contribution in [0.25, 0.3) is 49.7 Å². The van der Waals surface area contributed by atoms with E-state index in [0.717, 1.165) is 23.5 Å². The second-order valence-electron chi connectivity index (χ2n) is 14.0. The van der Waals surface area contributed by atoms with E-state index in [9.17, 15) is 0 Å². The first-order chi connectivity index (χ1) is 25.0. The highest BCUT2D eigenvalue weighted by molar-refractivity contribution is 5.94. The lowest BCUT2D eigenvalue weighted by Crippen LogP contribution is -2.14. The molecule has 1 nitrogen and oxygen atoms in total. The maximum atomic E-state index is 3.85. The van der Waals surface area contributed by atoms with E-state index >= 15 is 0 Å². The summed E-state index contributed by atoms with van der Waals surface area (Å²) in [6.45, 7) is 8.57. The van der Waals surface area contributed by atoms with Crippen LogP contribution in [0.4, 0.5) is 17.1 Å². The van der Waals surface area contributed by atoms with Crippen LogP contribution in [0, 0.1) is 0 Å². The van der Waals surface area contributed by atoms with Crippen LogP contribution in [0.3, 0.4) is 0 Å². The smallest absolute Gasteiger partial charge is 0.0468 e. The molecule has 0 saturated heterocycles. The van der Waals surface area contributed by atoms with Gasteiger partial charge in [0.15, 0.2) is 0 Å². The highest BCUT2D eigenvalue weighted by Gasteiger charge is 2.33. The molecule has 7 aromatic carbocycles. The summed E-state index contributed by atoms with van der Waals surface area (Å²) in [7, 11) is 0. The van der Waals surface area contributed by atoms with E-state index in [2.05, 4.69) is 201 Å². The van der Waals surface area contributed by atoms with Crippen LogP contribution in [-0.2, 0) is 5.41 Å². The van der Waals surface area contributed by atoms with Crippen LogP contribution in [0.2, 0.25) is 0 Å². The fraction of sp³-hybridized carbons (Fsp3) is 0.0800. The molecule has 246 valence electrons. The largest absolute Gasteiger partial charge is 0.310 e. The highest BCUT2D eigenvalue weighted by Crippen LogP contribution is 2.49. The van der Waals surface area contributed by atoms with Crippen LogP contribution < -0.4 is 4.90 Å². The third kappa shape index (κ3) is 6.35. The number of hydrogen-bond donors (Lipinski definition) is 0. The summed E-state index contributed by atoms with van der Waals surface area (Å²) in [6, 6.07) is 59.7. The molecule has 0 amide bonds. The summed E-state index contributed by atoms with van der Waals surface area (Å²) >= 11 is 0. The minimum Gasteiger partial charge on any atom is -0.310 e. The number of benzene rings is 7. The first kappa shape index (κ1) is 32.0. The molecule has 0 aromatic heterocycles. The molecular formula is C50H41N. The Morgan fingerprint density at radius 1 is 0.490 bits per heavy atom. The van der Waals surface area contributed by atoms with E-state index < -0.39 is 0 Å². The Bertz CT molecular complexity index is 2410. The van der Waals surface area contributed by atoms with Gasteiger partial charge in [-0.25, -0.2) is 0 Å². The molecule has 0 atom stereocenters. The molecule has 1 aliphatic rings. The van der Waals surface area contributed by atoms with Crippen molar-refractivity contribution in [1.82, 2.24) is 0 Å². The number of hydrogen-bond acceptors (Lipinski definition) is 1. The third-order valence-electron chi connectivity index (χ3n) is 10.2. The zero-order chi connectivity index (χ0) is 34.8. The van der Waals surface area contributed by atoms with Gasteiger partial charge < -0.3 is 4.90 Å². The SMILES string of the molecule is C=C/C=C\C=C1/CC(C)(C)c2cc(N(c3ccc(-c4ccccc4)cc3)c3ccc(-c4ccc5ccccc5c4)c(-c4ccccc4)c3)ccc21. The molecule has 0 N–H and O–H groups in total. The average Bonchev–Trinajstić information content (AvgIpc) is 3.44. The van der Waals surface area contributed by atoms with E-state index in [-0.39, 0.29) is 5.41 Å². The summed E-state index contributed by atoms with van der Waals surface area (Å²) in [5.41, 5.74) is 14.7. The van der Waals surface area contributed by atoms with Crippen molar-refractivity contribution in [3.05, 3.63) is 206 Å². The van der Waals surface area contributed by atoms with Gasteiger partial charge in [-0.2, -0.15) is 0 Å². The molecule has 0 unspecified atom stereocenters. The van der Waals surface area contributed by atoms with E-state index in [1.807, 2.05) is 12.2 Å². The van der Waals surface area contributed by atoms with Gasteiger partial charge in [-0.3, -0.25) is 0 Å². The lowest BCUT2D eigenvalue weighted by atomic mass is 9.86. The number of nitrogens with zero attached hydrogens (tertiary/aromatic N) is 1. The van der Waals surface area contributed by atoms with E-state index in [4.69, 9.17) is 0 Å². The van der Waals surface area contributed by atoms with Gasteiger partial charge in [0.05, 0.1) is 0 Å². The van der Waals surface area contributed by atoms with Crippen LogP contribution in [-0.4, -0.2) is 0 Å². The van der Waals surface area contributed by atoms with Crippen LogP contribution in [0.1, 0.15) is 31.4 Å². The number of allylic oxidation sites excluding steroid dienone is 5. The maximum absolute atomic E-state index is 3.85. The van der Waals surface area contributed by atoms with Crippen molar-refractivity contribution in [3.8, 4) is 33.4 Å². The summed E-state index contributed by atoms with van der Waals surface area (Å²) in [4.78, 5) is 2.42. The molecule has 0 bridgehead atoms. The minimum atomic E-state index is 0.0111. The molecule has 0 radical (unpaired) electrons. The van der Waals surface area contributed by atoms with Crippen molar-refractivity contribution >= 4 is 33.4 Å². The fourth-order valence-electron chi connectivity index (χ4n) is 7.59. The maximum Gasteiger partial charge on any atom is 0.0468 e. The van der Waals surface area contributed by atoms with Crippen molar-refractivity contribution in [2.24, 2.45) is 0 Å². The van der Waals surface area contributed by atoms with Crippen LogP contribution in [0.15, 0.2) is 195 Å². The predicted octanol–water partition coefficient (Wildman–Crippen LogP) is 14.1. The van der Waals surface area contributed by atoms with Crippen LogP contribution >= 0.6 is 0 Å². The molecule has 0 saturated carbocycles. The second kappa shape index (κ2) is 13.6. The average molecular weight is 656 g/mol. The summed E-state index contributed by atoms with van der Waals surface area (Å²) in [6.07, 6.45) is 9.17. The van der Waals surface area contributed by atoms with Gasteiger partial charge in [-0.1, -0.05) is 166 Å². The zero-order valence-corrected chi connectivity index (χ0v) is 29.3. The highest BCUT2D eigenvalue weighted by atomic mass is 15.1. The first-order valence-electron chi connectivity index (χ1n) is 17.8. The molecule has 51 heavy (non-hydrogen) atoms. The normalized spacial score (nSPS) is 14.2. The lowest BCUT2D eigenvalue weighted by Gasteiger charge is -2.29. The lowest BCUT2D eigenvalue weighted by molar-refractivity contribution is 0.563. The Labute approximate surface area is 302 Å². The zero-order valence-electron chi connectivity index (χ0n) is 29.3. The Balaban J connectivity index is 1.30. The van der Waals surface area contributed by atoms with Gasteiger partial charge in [0, 0.05) is 17.1 Å². The second-order valence-corrected chi connectivity index (χ2v) is 14.0. The van der Waals surface area contributed by atoms with Gasteiger partial charge in [-0.15, -0.1) is 0 Å². The topological polar surface area (TPSA) is 3.24 Å². The van der Waals surface area contributed by atoms with Crippen LogP contribution in [0.5, 0.6) is 0 Å². The summed E-state index contributed by atoms with van der Waals surface area (Å²) in [5.74, 6) is 0. The quantitative estimate of drug-likeness (QED) is 0.147. The van der Waals surface area contributed by atoms with Crippen molar-refractivity contribution in [3.63, 3.8) is 0 Å². The van der Waals surface area contributed by atoms with E-state index in [1.54, 1.807) is 0 Å². The molecule has 8 rings (SSSR count). The molecule has 1 heteroatoms. The molecule has 0 fully saturated rings. The monoisotopic (exact) mass is 655 g/mol. The fourth-order valence-corrected chi connectivity index (χ4v) is 7.59. The van der Waals surface area contributed by atoms with Gasteiger partial charge in [0.25, 0.3) is 0 Å². The third-order valence-corrected chi connectivity index (χ3v) is 10.2. The molecule has 1 aliphatic carbocycles. The number of rotatable bonds is 8. The molecule has 0 spiro atoms. The Morgan fingerprint density at radius 3 is 1.80 bits per heavy atom. The van der Waals surface area contributed by atoms with Gasteiger partial charge in [0.2, 0.25) is 0 Å². The summed E-state index contributed by atoms with van der Waals surface area (Å²) in [5, 5.41) is 2.49. The van der Waals surface area contributed by atoms with Gasteiger partial charge >= 0.3 is 0 Å². The Morgan fingerprint density at radius 2 is 1.08 bits per heavy atom. The van der Waals surface area contributed by atoms with Crippen molar-refractivity contribution in [1.29, 1.82) is 0 Å². The Kier molecular flexibility index (Phi) is 8.56. The van der Waals surface area contributed by atoms with Crippen molar-refractivity contribution < 1.29 is 0 Å². The predicted molar refractivity (Wildman–Crippen MR) is 220 cm³/mol. The molecule has 0 heterocycles. The summed E-state index contributed by atoms with van der Waals surface area (Å²) < 4.78 is 0.